The highest BCUT2D eigenvalue weighted by molar-refractivity contribution is 7.80. The third-order valence-corrected chi connectivity index (χ3v) is 5.37. The summed E-state index contributed by atoms with van der Waals surface area (Å²) in [6, 6.07) is 21.2. The lowest BCUT2D eigenvalue weighted by molar-refractivity contribution is 0.341. The quantitative estimate of drug-likeness (QED) is 0.434. The van der Waals surface area contributed by atoms with Crippen LogP contribution in [0.3, 0.4) is 0 Å². The number of rotatable bonds is 8. The van der Waals surface area contributed by atoms with Crippen molar-refractivity contribution in [2.45, 2.75) is 13.1 Å². The molecule has 0 aliphatic heterocycles. The molecule has 0 fully saturated rings. The molecule has 3 aromatic carbocycles. The summed E-state index contributed by atoms with van der Waals surface area (Å²) < 4.78 is 16.3. The van der Waals surface area contributed by atoms with Gasteiger partial charge in [-0.2, -0.15) is 0 Å². The van der Waals surface area contributed by atoms with E-state index in [2.05, 4.69) is 10.2 Å². The Morgan fingerprint density at radius 1 is 0.871 bits per heavy atom. The van der Waals surface area contributed by atoms with Crippen LogP contribution in [0.25, 0.3) is 0 Å². The molecule has 5 nitrogen and oxygen atoms in total. The number of thiocarbonyl (C=S) groups is 1. The van der Waals surface area contributed by atoms with E-state index in [1.807, 2.05) is 66.7 Å². The minimum absolute atomic E-state index is 0.534. The predicted molar refractivity (Wildman–Crippen MR) is 129 cm³/mol. The van der Waals surface area contributed by atoms with Crippen LogP contribution in [-0.4, -0.2) is 31.3 Å². The minimum Gasteiger partial charge on any atom is -0.497 e. The van der Waals surface area contributed by atoms with Crippen LogP contribution in [0.1, 0.15) is 11.1 Å². The first-order valence-corrected chi connectivity index (χ1v) is 10.5. The van der Waals surface area contributed by atoms with Gasteiger partial charge in [0.15, 0.2) is 16.6 Å². The predicted octanol–water partition coefficient (Wildman–Crippen LogP) is 5.77. The van der Waals surface area contributed by atoms with Gasteiger partial charge in [0.2, 0.25) is 0 Å². The van der Waals surface area contributed by atoms with Gasteiger partial charge in [-0.3, -0.25) is 0 Å². The summed E-state index contributed by atoms with van der Waals surface area (Å²) in [6.07, 6.45) is 0. The number of para-hydroxylation sites is 1. The van der Waals surface area contributed by atoms with E-state index >= 15 is 0 Å². The van der Waals surface area contributed by atoms with Crippen LogP contribution in [0.4, 0.5) is 5.69 Å². The summed E-state index contributed by atoms with van der Waals surface area (Å²) in [4.78, 5) is 2.07. The van der Waals surface area contributed by atoms with Crippen LogP contribution in [0, 0.1) is 0 Å². The van der Waals surface area contributed by atoms with Gasteiger partial charge in [-0.1, -0.05) is 35.9 Å². The molecule has 0 heterocycles. The Balaban J connectivity index is 1.87. The number of hydrogen-bond donors (Lipinski definition) is 1. The van der Waals surface area contributed by atoms with Crippen LogP contribution >= 0.6 is 23.8 Å². The molecule has 0 unspecified atom stereocenters. The first kappa shape index (κ1) is 22.7. The van der Waals surface area contributed by atoms with E-state index < -0.39 is 0 Å². The van der Waals surface area contributed by atoms with E-state index in [4.69, 9.17) is 38.0 Å². The molecule has 0 spiro atoms. The summed E-state index contributed by atoms with van der Waals surface area (Å²) in [5.74, 6) is 2.19. The number of halogens is 1. The zero-order chi connectivity index (χ0) is 22.2. The number of nitrogens with zero attached hydrogens (tertiary/aromatic N) is 1. The standard InChI is InChI=1S/C24H25ClN2O3S/c1-28-21-13-7-17(8-14-21)15-27(24(31)26-20-11-9-19(25)10-12-20)16-18-5-4-6-22(29-2)23(18)30-3/h4-14H,15-16H2,1-3H3,(H,26,31). The Bertz CT molecular complexity index is 1010. The zero-order valence-electron chi connectivity index (χ0n) is 17.7. The van der Waals surface area contributed by atoms with Crippen molar-refractivity contribution in [2.75, 3.05) is 26.6 Å². The number of benzene rings is 3. The maximum Gasteiger partial charge on any atom is 0.174 e. The van der Waals surface area contributed by atoms with Gasteiger partial charge in [0, 0.05) is 29.4 Å². The van der Waals surface area contributed by atoms with Crippen LogP contribution < -0.4 is 19.5 Å². The van der Waals surface area contributed by atoms with Crippen molar-refractivity contribution in [3.8, 4) is 17.2 Å². The van der Waals surface area contributed by atoms with Crippen molar-refractivity contribution in [1.29, 1.82) is 0 Å². The normalized spacial score (nSPS) is 10.3. The zero-order valence-corrected chi connectivity index (χ0v) is 19.3. The molecule has 31 heavy (non-hydrogen) atoms. The Kier molecular flexibility index (Phi) is 7.98. The molecule has 0 aliphatic carbocycles. The van der Waals surface area contributed by atoms with Crippen LogP contribution in [0.15, 0.2) is 66.7 Å². The maximum absolute atomic E-state index is 6.01. The molecule has 1 N–H and O–H groups in total. The second kappa shape index (κ2) is 10.9. The van der Waals surface area contributed by atoms with E-state index in [-0.39, 0.29) is 0 Å². The molecule has 0 radical (unpaired) electrons. The number of methoxy groups -OCH3 is 3. The highest BCUT2D eigenvalue weighted by Gasteiger charge is 2.17. The largest absolute Gasteiger partial charge is 0.497 e. The first-order chi connectivity index (χ1) is 15.0. The molecule has 0 atom stereocenters. The molecule has 0 saturated carbocycles. The fraction of sp³-hybridized carbons (Fsp3) is 0.208. The van der Waals surface area contributed by atoms with Gasteiger partial charge in [0.1, 0.15) is 5.75 Å². The highest BCUT2D eigenvalue weighted by Crippen LogP contribution is 2.32. The SMILES string of the molecule is COc1ccc(CN(Cc2cccc(OC)c2OC)C(=S)Nc2ccc(Cl)cc2)cc1. The molecule has 0 aromatic heterocycles. The average molecular weight is 457 g/mol. The van der Waals surface area contributed by atoms with Crippen LogP contribution in [0.5, 0.6) is 17.2 Å². The van der Waals surface area contributed by atoms with Gasteiger partial charge in [-0.25, -0.2) is 0 Å². The molecule has 3 aromatic rings. The molecular weight excluding hydrogens is 432 g/mol. The summed E-state index contributed by atoms with van der Waals surface area (Å²) in [6.45, 7) is 1.13. The molecule has 3 rings (SSSR count). The number of ether oxygens (including phenoxy) is 3. The lowest BCUT2D eigenvalue weighted by Gasteiger charge is -2.27. The number of anilines is 1. The van der Waals surface area contributed by atoms with Gasteiger partial charge in [-0.05, 0) is 60.2 Å². The van der Waals surface area contributed by atoms with Gasteiger partial charge in [0.05, 0.1) is 21.3 Å². The summed E-state index contributed by atoms with van der Waals surface area (Å²) in [5, 5.41) is 4.56. The molecule has 7 heteroatoms. The van der Waals surface area contributed by atoms with E-state index in [1.54, 1.807) is 21.3 Å². The van der Waals surface area contributed by atoms with Crippen molar-refractivity contribution >= 4 is 34.6 Å². The topological polar surface area (TPSA) is 43.0 Å². The fourth-order valence-electron chi connectivity index (χ4n) is 3.17. The summed E-state index contributed by atoms with van der Waals surface area (Å²) in [5.41, 5.74) is 2.94. The summed E-state index contributed by atoms with van der Waals surface area (Å²) >= 11 is 11.8. The first-order valence-electron chi connectivity index (χ1n) is 9.68. The van der Waals surface area contributed by atoms with E-state index in [0.29, 0.717) is 34.7 Å². The van der Waals surface area contributed by atoms with E-state index in [9.17, 15) is 0 Å². The van der Waals surface area contributed by atoms with Gasteiger partial charge >= 0.3 is 0 Å². The Hall–Kier alpha value is -2.96. The van der Waals surface area contributed by atoms with Crippen molar-refractivity contribution in [2.24, 2.45) is 0 Å². The van der Waals surface area contributed by atoms with Crippen LogP contribution in [-0.2, 0) is 13.1 Å². The Labute approximate surface area is 193 Å². The Morgan fingerprint density at radius 3 is 2.19 bits per heavy atom. The second-order valence-corrected chi connectivity index (χ2v) is 7.62. The monoisotopic (exact) mass is 456 g/mol. The van der Waals surface area contributed by atoms with E-state index in [0.717, 1.165) is 22.6 Å². The van der Waals surface area contributed by atoms with Gasteiger partial charge in [0.25, 0.3) is 0 Å². The van der Waals surface area contributed by atoms with E-state index in [1.165, 1.54) is 0 Å². The van der Waals surface area contributed by atoms with Gasteiger partial charge < -0.3 is 24.4 Å². The van der Waals surface area contributed by atoms with Gasteiger partial charge in [-0.15, -0.1) is 0 Å². The molecular formula is C24H25ClN2O3S. The third kappa shape index (κ3) is 6.03. The lowest BCUT2D eigenvalue weighted by atomic mass is 10.1. The van der Waals surface area contributed by atoms with Crippen molar-refractivity contribution in [3.63, 3.8) is 0 Å². The Morgan fingerprint density at radius 2 is 1.58 bits per heavy atom. The highest BCUT2D eigenvalue weighted by atomic mass is 35.5. The molecule has 0 amide bonds. The number of hydrogen-bond acceptors (Lipinski definition) is 4. The fourth-order valence-corrected chi connectivity index (χ4v) is 3.54. The van der Waals surface area contributed by atoms with Crippen molar-refractivity contribution in [3.05, 3.63) is 82.9 Å². The molecule has 162 valence electrons. The minimum atomic E-state index is 0.534. The lowest BCUT2D eigenvalue weighted by Crippen LogP contribution is -2.34. The maximum atomic E-state index is 6.01. The van der Waals surface area contributed by atoms with Crippen molar-refractivity contribution < 1.29 is 14.2 Å². The number of nitrogens with one attached hydrogen (secondary N) is 1. The average Bonchev–Trinajstić information content (AvgIpc) is 2.80. The van der Waals surface area contributed by atoms with Crippen LogP contribution in [0.2, 0.25) is 5.02 Å². The molecule has 0 saturated heterocycles. The smallest absolute Gasteiger partial charge is 0.174 e. The molecule has 0 bridgehead atoms. The third-order valence-electron chi connectivity index (χ3n) is 4.76. The second-order valence-electron chi connectivity index (χ2n) is 6.79. The van der Waals surface area contributed by atoms with Crippen molar-refractivity contribution in [1.82, 2.24) is 4.90 Å². The summed E-state index contributed by atoms with van der Waals surface area (Å²) in [7, 11) is 4.92. The molecule has 0 aliphatic rings.